The molecule has 8 heteroatoms. The molecule has 0 aliphatic rings. The number of anilines is 1. The summed E-state index contributed by atoms with van der Waals surface area (Å²) in [7, 11) is 0. The van der Waals surface area contributed by atoms with Crippen LogP contribution in [-0.4, -0.2) is 47.6 Å². The molecular formula is C13H14AlN3O4. The topological polar surface area (TPSA) is 93.5 Å². The van der Waals surface area contributed by atoms with Crippen LogP contribution < -0.4 is 5.32 Å². The van der Waals surface area contributed by atoms with Gasteiger partial charge in [-0.3, -0.25) is 0 Å². The van der Waals surface area contributed by atoms with Gasteiger partial charge in [0.1, 0.15) is 16.1 Å². The molecule has 1 heterocycles. The number of benzene rings is 1. The second-order valence-corrected chi connectivity index (χ2v) is 5.96. The van der Waals surface area contributed by atoms with E-state index in [1.54, 1.807) is 26.8 Å². The van der Waals surface area contributed by atoms with Crippen LogP contribution in [0, 0.1) is 0 Å². The highest BCUT2D eigenvalue weighted by Crippen LogP contribution is 2.27. The first-order chi connectivity index (χ1) is 9.67. The third-order valence-corrected chi connectivity index (χ3v) is 2.62. The van der Waals surface area contributed by atoms with Crippen molar-refractivity contribution in [3.05, 3.63) is 18.2 Å². The van der Waals surface area contributed by atoms with Gasteiger partial charge in [-0.2, -0.15) is 4.68 Å². The number of hydrogen-bond acceptors (Lipinski definition) is 5. The van der Waals surface area contributed by atoms with Crippen molar-refractivity contribution in [2.75, 3.05) is 5.32 Å². The molecule has 1 amide bonds. The maximum absolute atomic E-state index is 12.2. The highest BCUT2D eigenvalue weighted by atomic mass is 27.0. The van der Waals surface area contributed by atoms with Gasteiger partial charge in [0, 0.05) is 11.5 Å². The van der Waals surface area contributed by atoms with E-state index in [1.165, 1.54) is 12.1 Å². The second kappa shape index (κ2) is 5.39. The van der Waals surface area contributed by atoms with Crippen molar-refractivity contribution in [1.29, 1.82) is 0 Å². The number of nitrogens with zero attached hydrogens (tertiary/aromatic N) is 2. The van der Waals surface area contributed by atoms with E-state index >= 15 is 0 Å². The monoisotopic (exact) mass is 303 g/mol. The van der Waals surface area contributed by atoms with Crippen molar-refractivity contribution in [2.24, 2.45) is 0 Å². The molecule has 0 atom stereocenters. The summed E-state index contributed by atoms with van der Waals surface area (Å²) in [5.74, 6) is 0.201. The maximum atomic E-state index is 12.2. The second-order valence-electron chi connectivity index (χ2n) is 5.43. The number of carbonyl (C=O) groups excluding carboxylic acids is 2. The number of ether oxygens (including phenoxy) is 1. The number of amides is 1. The number of nitrogens with one attached hydrogen (secondary N) is 1. The molecule has 0 saturated heterocycles. The molecule has 0 aliphatic carbocycles. The van der Waals surface area contributed by atoms with Gasteiger partial charge in [0.25, 0.3) is 16.3 Å². The number of phenols is 1. The average Bonchev–Trinajstić information content (AvgIpc) is 2.64. The summed E-state index contributed by atoms with van der Waals surface area (Å²) in [5, 5.41) is 16.6. The number of phenolic OH excluding ortho intramolecular Hbond substituents is 1. The summed E-state index contributed by atoms with van der Waals surface area (Å²) in [5.41, 5.74) is -0.339. The number of aromatic nitrogens is 2. The van der Waals surface area contributed by atoms with Gasteiger partial charge >= 0.3 is 6.09 Å². The first kappa shape index (κ1) is 15.4. The van der Waals surface area contributed by atoms with Gasteiger partial charge in [-0.05, 0) is 32.9 Å². The summed E-state index contributed by atoms with van der Waals surface area (Å²) in [6.07, 6.45) is -0.692. The lowest BCUT2D eigenvalue weighted by atomic mass is 10.2. The van der Waals surface area contributed by atoms with Crippen LogP contribution in [0.4, 0.5) is 15.4 Å². The van der Waals surface area contributed by atoms with Crippen molar-refractivity contribution in [3.63, 3.8) is 0 Å². The summed E-state index contributed by atoms with van der Waals surface area (Å²) in [4.78, 5) is 23.3. The molecule has 0 saturated carbocycles. The lowest BCUT2D eigenvalue weighted by Crippen LogP contribution is -2.27. The Bertz CT molecular complexity index is 718. The molecule has 1 aromatic carbocycles. The zero-order valence-corrected chi connectivity index (χ0v) is 13.0. The van der Waals surface area contributed by atoms with Gasteiger partial charge in [-0.15, -0.1) is 5.10 Å². The quantitative estimate of drug-likeness (QED) is 0.788. The van der Waals surface area contributed by atoms with E-state index in [4.69, 9.17) is 4.74 Å². The molecule has 1 aromatic heterocycles. The first-order valence-electron chi connectivity index (χ1n) is 6.19. The number of carbonyl (C=O) groups is 2. The Balaban J connectivity index is 2.54. The molecule has 0 bridgehead atoms. The Morgan fingerprint density at radius 1 is 1.38 bits per heavy atom. The Kier molecular flexibility index (Phi) is 3.94. The fraction of sp³-hybridized carbons (Fsp3) is 0.308. The van der Waals surface area contributed by atoms with Gasteiger partial charge in [0.15, 0.2) is 5.82 Å². The van der Waals surface area contributed by atoms with Crippen LogP contribution >= 0.6 is 0 Å². The van der Waals surface area contributed by atoms with Crippen LogP contribution in [0.1, 0.15) is 20.8 Å². The van der Waals surface area contributed by atoms with E-state index in [1.807, 2.05) is 16.3 Å². The molecule has 2 rings (SSSR count). The molecular weight excluding hydrogens is 289 g/mol. The number of aromatic hydroxyl groups is 1. The Morgan fingerprint density at radius 2 is 2.05 bits per heavy atom. The van der Waals surface area contributed by atoms with E-state index in [-0.39, 0.29) is 16.3 Å². The van der Waals surface area contributed by atoms with Gasteiger partial charge in [-0.1, -0.05) is 0 Å². The lowest BCUT2D eigenvalue weighted by molar-refractivity contribution is 0.0523. The summed E-state index contributed by atoms with van der Waals surface area (Å²) >= 11 is 1.97. The van der Waals surface area contributed by atoms with Gasteiger partial charge in [-0.25, -0.2) is 4.79 Å². The minimum absolute atomic E-state index is 0.0176. The largest absolute Gasteiger partial charge is 0.508 e. The molecule has 0 unspecified atom stereocenters. The third kappa shape index (κ3) is 3.54. The van der Waals surface area contributed by atoms with E-state index in [9.17, 15) is 14.7 Å². The number of hydrogen-bond donors (Lipinski definition) is 2. The van der Waals surface area contributed by atoms with Crippen molar-refractivity contribution in [1.82, 2.24) is 9.78 Å². The molecule has 2 N–H and O–H groups in total. The fourth-order valence-electron chi connectivity index (χ4n) is 1.76. The van der Waals surface area contributed by atoms with E-state index in [2.05, 4.69) is 10.4 Å². The molecule has 21 heavy (non-hydrogen) atoms. The van der Waals surface area contributed by atoms with Gasteiger partial charge < -0.3 is 20.0 Å². The normalized spacial score (nSPS) is 11.4. The van der Waals surface area contributed by atoms with Crippen LogP contribution in [0.5, 0.6) is 5.75 Å². The van der Waals surface area contributed by atoms with Gasteiger partial charge in [0.05, 0.1) is 5.52 Å². The average molecular weight is 303 g/mol. The molecule has 0 spiro atoms. The zero-order chi connectivity index (χ0) is 15.8. The highest BCUT2D eigenvalue weighted by molar-refractivity contribution is 6.60. The lowest BCUT2D eigenvalue weighted by Gasteiger charge is -2.19. The predicted molar refractivity (Wildman–Crippen MR) is 77.8 cm³/mol. The minimum Gasteiger partial charge on any atom is -0.508 e. The summed E-state index contributed by atoms with van der Waals surface area (Å²) in [6.45, 7) is 5.21. The molecule has 7 nitrogen and oxygen atoms in total. The SMILES string of the molecule is CC(C)(C)OC(=O)n1nc(N[C](=O)[Al])c2ccc(O)cc21. The molecule has 2 aromatic rings. The molecule has 0 aliphatic heterocycles. The van der Waals surface area contributed by atoms with Crippen molar-refractivity contribution < 1.29 is 19.4 Å². The summed E-state index contributed by atoms with van der Waals surface area (Å²) < 4.78 is 5.87. The van der Waals surface area contributed by atoms with E-state index in [0.717, 1.165) is 4.68 Å². The number of rotatable bonds is 1. The van der Waals surface area contributed by atoms with Crippen LogP contribution in [0.25, 0.3) is 10.9 Å². The van der Waals surface area contributed by atoms with Crippen molar-refractivity contribution in [2.45, 2.75) is 26.4 Å². The minimum atomic E-state index is -0.692. The fourth-order valence-corrected chi connectivity index (χ4v) is 1.89. The Hall–Kier alpha value is -2.04. The third-order valence-electron chi connectivity index (χ3n) is 2.47. The molecule has 108 valence electrons. The van der Waals surface area contributed by atoms with Crippen LogP contribution in [0.2, 0.25) is 0 Å². The summed E-state index contributed by atoms with van der Waals surface area (Å²) in [6, 6.07) is 4.39. The van der Waals surface area contributed by atoms with Crippen LogP contribution in [0.3, 0.4) is 0 Å². The Labute approximate surface area is 129 Å². The Morgan fingerprint density at radius 3 is 2.62 bits per heavy atom. The van der Waals surface area contributed by atoms with Crippen LogP contribution in [0.15, 0.2) is 18.2 Å². The zero-order valence-electron chi connectivity index (χ0n) is 11.9. The van der Waals surface area contributed by atoms with Crippen LogP contribution in [-0.2, 0) is 4.74 Å². The maximum Gasteiger partial charge on any atom is 0.435 e. The predicted octanol–water partition coefficient (Wildman–Crippen LogP) is 2.23. The standard InChI is InChI=1S/C13H14N3O4.Al/c1-13(2,3)20-12(19)16-10-6-8(18)4-5-9(10)11(15-16)14-7-17;/h4-6,18H,1-3H3,(H,14,15,17);. The van der Waals surface area contributed by atoms with Crippen molar-refractivity contribution in [3.8, 4) is 5.75 Å². The van der Waals surface area contributed by atoms with E-state index in [0.29, 0.717) is 10.9 Å². The van der Waals surface area contributed by atoms with Crippen molar-refractivity contribution >= 4 is 43.9 Å². The van der Waals surface area contributed by atoms with Gasteiger partial charge in [0.2, 0.25) is 0 Å². The van der Waals surface area contributed by atoms with E-state index < -0.39 is 11.7 Å². The number of fused-ring (bicyclic) bond motifs is 1. The highest BCUT2D eigenvalue weighted by Gasteiger charge is 2.22. The smallest absolute Gasteiger partial charge is 0.435 e. The molecule has 0 fully saturated rings. The first-order valence-corrected chi connectivity index (χ1v) is 6.76. The molecule has 2 radical (unpaired) electrons.